The maximum atomic E-state index is 9.81. The standard InChI is InChI=1S/C5H10O2.C4H9N3O/c1-5(2,3)7-4-6;8-6-7-3-1-5-2-4-7/h4H,1-3H3;5H,1-4H2. The first-order valence-corrected chi connectivity index (χ1v) is 4.90. The number of hydrogen-bond acceptors (Lipinski definition) is 5. The predicted molar refractivity (Wildman–Crippen MR) is 57.1 cm³/mol. The van der Waals surface area contributed by atoms with Gasteiger partial charge in [-0.05, 0) is 20.8 Å². The zero-order valence-corrected chi connectivity index (χ0v) is 9.52. The fraction of sp³-hybridized carbons (Fsp3) is 0.889. The lowest BCUT2D eigenvalue weighted by Crippen LogP contribution is -2.40. The van der Waals surface area contributed by atoms with Crippen LogP contribution in [0.1, 0.15) is 20.8 Å². The number of hydrogen-bond donors (Lipinski definition) is 1. The molecule has 0 aromatic heterocycles. The van der Waals surface area contributed by atoms with Gasteiger partial charge in [0.2, 0.25) is 0 Å². The number of nitroso groups, excluding NO2 is 1. The smallest absolute Gasteiger partial charge is 0.293 e. The molecule has 1 saturated heterocycles. The highest BCUT2D eigenvalue weighted by Gasteiger charge is 2.07. The zero-order valence-electron chi connectivity index (χ0n) is 9.52. The summed E-state index contributed by atoms with van der Waals surface area (Å²) < 4.78 is 4.55. The van der Waals surface area contributed by atoms with Crippen molar-refractivity contribution in [2.45, 2.75) is 26.4 Å². The molecule has 1 N–H and O–H groups in total. The molecule has 0 spiro atoms. The van der Waals surface area contributed by atoms with Gasteiger partial charge in [0, 0.05) is 13.1 Å². The van der Waals surface area contributed by atoms with E-state index in [4.69, 9.17) is 0 Å². The molecule has 15 heavy (non-hydrogen) atoms. The Bertz CT molecular complexity index is 186. The number of nitrogens with one attached hydrogen (secondary N) is 1. The fourth-order valence-electron chi connectivity index (χ4n) is 0.879. The molecule has 1 rings (SSSR count). The highest BCUT2D eigenvalue weighted by molar-refractivity contribution is 5.37. The van der Waals surface area contributed by atoms with Gasteiger partial charge in [-0.1, -0.05) is 0 Å². The molecular weight excluding hydrogens is 198 g/mol. The van der Waals surface area contributed by atoms with Gasteiger partial charge in [-0.15, -0.1) is 4.91 Å². The molecule has 6 heteroatoms. The van der Waals surface area contributed by atoms with E-state index in [-0.39, 0.29) is 5.60 Å². The minimum atomic E-state index is -0.318. The van der Waals surface area contributed by atoms with Crippen LogP contribution in [0.3, 0.4) is 0 Å². The second-order valence-corrected chi connectivity index (χ2v) is 4.11. The number of carbonyl (C=O) groups excluding carboxylic acids is 1. The van der Waals surface area contributed by atoms with E-state index in [1.54, 1.807) is 0 Å². The van der Waals surface area contributed by atoms with Crippen molar-refractivity contribution < 1.29 is 9.53 Å². The quantitative estimate of drug-likeness (QED) is 0.539. The van der Waals surface area contributed by atoms with Crippen LogP contribution >= 0.6 is 0 Å². The summed E-state index contributed by atoms with van der Waals surface area (Å²) in [6.45, 7) is 9.19. The number of piperazine rings is 1. The third-order valence-corrected chi connectivity index (χ3v) is 1.61. The van der Waals surface area contributed by atoms with Crippen molar-refractivity contribution in [2.24, 2.45) is 5.29 Å². The Kier molecular flexibility index (Phi) is 6.61. The summed E-state index contributed by atoms with van der Waals surface area (Å²) in [6.07, 6.45) is 0. The number of carbonyl (C=O) groups is 1. The van der Waals surface area contributed by atoms with Crippen LogP contribution in [0.15, 0.2) is 5.29 Å². The van der Waals surface area contributed by atoms with Crippen LogP contribution < -0.4 is 5.32 Å². The van der Waals surface area contributed by atoms with Gasteiger partial charge in [0.15, 0.2) is 0 Å². The van der Waals surface area contributed by atoms with Crippen molar-refractivity contribution in [1.29, 1.82) is 0 Å². The van der Waals surface area contributed by atoms with E-state index in [1.807, 2.05) is 20.8 Å². The summed E-state index contributed by atoms with van der Waals surface area (Å²) in [5.74, 6) is 0. The molecule has 0 radical (unpaired) electrons. The molecule has 0 bridgehead atoms. The van der Waals surface area contributed by atoms with E-state index < -0.39 is 0 Å². The lowest BCUT2D eigenvalue weighted by atomic mass is 10.2. The van der Waals surface area contributed by atoms with E-state index in [0.29, 0.717) is 6.47 Å². The number of nitrogens with zero attached hydrogens (tertiary/aromatic N) is 2. The molecule has 1 aliphatic heterocycles. The molecule has 0 aliphatic carbocycles. The van der Waals surface area contributed by atoms with Gasteiger partial charge in [-0.2, -0.15) is 0 Å². The maximum absolute atomic E-state index is 9.81. The Morgan fingerprint density at radius 2 is 1.87 bits per heavy atom. The highest BCUT2D eigenvalue weighted by Crippen LogP contribution is 2.02. The van der Waals surface area contributed by atoms with Crippen molar-refractivity contribution in [3.8, 4) is 0 Å². The Balaban J connectivity index is 0.000000265. The summed E-state index contributed by atoms with van der Waals surface area (Å²) in [6, 6.07) is 0. The van der Waals surface area contributed by atoms with E-state index in [0.717, 1.165) is 26.2 Å². The summed E-state index contributed by atoms with van der Waals surface area (Å²) in [5, 5.41) is 7.42. The van der Waals surface area contributed by atoms with Crippen molar-refractivity contribution >= 4 is 6.47 Å². The Labute approximate surface area is 89.9 Å². The van der Waals surface area contributed by atoms with Crippen LogP contribution in [0.25, 0.3) is 0 Å². The lowest BCUT2D eigenvalue weighted by Gasteiger charge is -2.20. The Morgan fingerprint density at radius 3 is 2.07 bits per heavy atom. The molecule has 0 aromatic carbocycles. The van der Waals surface area contributed by atoms with Gasteiger partial charge in [-0.25, -0.2) is 0 Å². The molecule has 0 atom stereocenters. The molecule has 6 nitrogen and oxygen atoms in total. The first-order valence-electron chi connectivity index (χ1n) is 4.90. The van der Waals surface area contributed by atoms with E-state index in [9.17, 15) is 9.70 Å². The summed E-state index contributed by atoms with van der Waals surface area (Å²) in [7, 11) is 0. The molecule has 0 saturated carbocycles. The average molecular weight is 217 g/mol. The molecule has 1 aliphatic rings. The molecule has 0 amide bonds. The van der Waals surface area contributed by atoms with E-state index in [2.05, 4.69) is 15.3 Å². The second-order valence-electron chi connectivity index (χ2n) is 4.11. The molecule has 88 valence electrons. The van der Waals surface area contributed by atoms with Gasteiger partial charge in [0.1, 0.15) is 5.60 Å². The molecule has 0 unspecified atom stereocenters. The normalized spacial score (nSPS) is 16.1. The Hall–Kier alpha value is -1.17. The van der Waals surface area contributed by atoms with Crippen LogP contribution in [0.4, 0.5) is 0 Å². The fourth-order valence-corrected chi connectivity index (χ4v) is 0.879. The maximum Gasteiger partial charge on any atom is 0.293 e. The topological polar surface area (TPSA) is 71.0 Å². The van der Waals surface area contributed by atoms with Gasteiger partial charge in [0.25, 0.3) is 6.47 Å². The zero-order chi connectivity index (χ0) is 11.7. The van der Waals surface area contributed by atoms with Crippen LogP contribution in [0, 0.1) is 4.91 Å². The summed E-state index contributed by atoms with van der Waals surface area (Å²) >= 11 is 0. The average Bonchev–Trinajstić information content (AvgIpc) is 2.18. The summed E-state index contributed by atoms with van der Waals surface area (Å²) in [4.78, 5) is 19.4. The minimum Gasteiger partial charge on any atom is -0.462 e. The third-order valence-electron chi connectivity index (χ3n) is 1.61. The van der Waals surface area contributed by atoms with Gasteiger partial charge in [-0.3, -0.25) is 9.80 Å². The molecule has 1 fully saturated rings. The SMILES string of the molecule is CC(C)(C)OC=O.O=NN1CCNCC1. The Morgan fingerprint density at radius 1 is 1.33 bits per heavy atom. The molecule has 0 aromatic rings. The minimum absolute atomic E-state index is 0.318. The molecule has 1 heterocycles. The highest BCUT2D eigenvalue weighted by atomic mass is 16.5. The van der Waals surface area contributed by atoms with E-state index in [1.165, 1.54) is 5.01 Å². The van der Waals surface area contributed by atoms with Gasteiger partial charge >= 0.3 is 0 Å². The van der Waals surface area contributed by atoms with Crippen molar-refractivity contribution in [2.75, 3.05) is 26.2 Å². The van der Waals surface area contributed by atoms with E-state index >= 15 is 0 Å². The molecular formula is C9H19N3O3. The van der Waals surface area contributed by atoms with Crippen LogP contribution in [-0.2, 0) is 9.53 Å². The first kappa shape index (κ1) is 13.8. The first-order chi connectivity index (χ1) is 6.99. The van der Waals surface area contributed by atoms with Crippen LogP contribution in [0.2, 0.25) is 0 Å². The van der Waals surface area contributed by atoms with Crippen LogP contribution in [0.5, 0.6) is 0 Å². The second kappa shape index (κ2) is 7.17. The lowest BCUT2D eigenvalue weighted by molar-refractivity contribution is -0.138. The third kappa shape index (κ3) is 9.14. The van der Waals surface area contributed by atoms with Crippen molar-refractivity contribution in [3.63, 3.8) is 0 Å². The van der Waals surface area contributed by atoms with Gasteiger partial charge in [0.05, 0.1) is 18.4 Å². The number of ether oxygens (including phenoxy) is 1. The van der Waals surface area contributed by atoms with Crippen molar-refractivity contribution in [1.82, 2.24) is 10.3 Å². The van der Waals surface area contributed by atoms with Crippen LogP contribution in [-0.4, -0.2) is 43.3 Å². The monoisotopic (exact) mass is 217 g/mol. The predicted octanol–water partition coefficient (Wildman–Crippen LogP) is 0.531. The largest absolute Gasteiger partial charge is 0.462 e. The van der Waals surface area contributed by atoms with Gasteiger partial charge < -0.3 is 10.1 Å². The number of rotatable bonds is 2. The summed E-state index contributed by atoms with van der Waals surface area (Å²) in [5.41, 5.74) is -0.318. The van der Waals surface area contributed by atoms with Crippen molar-refractivity contribution in [3.05, 3.63) is 4.91 Å².